The van der Waals surface area contributed by atoms with Gasteiger partial charge in [0.05, 0.1) is 5.69 Å². The van der Waals surface area contributed by atoms with Gasteiger partial charge in [-0.3, -0.25) is 9.59 Å². The number of nitrogens with one attached hydrogen (secondary N) is 1. The molecule has 0 aliphatic carbocycles. The average Bonchev–Trinajstić information content (AvgIpc) is 3.37. The van der Waals surface area contributed by atoms with E-state index >= 15 is 0 Å². The Morgan fingerprint density at radius 1 is 0.886 bits per heavy atom. The fourth-order valence-electron chi connectivity index (χ4n) is 3.88. The van der Waals surface area contributed by atoms with E-state index in [4.69, 9.17) is 16.1 Å². The summed E-state index contributed by atoms with van der Waals surface area (Å²) in [5.41, 5.74) is 2.10. The second-order valence-corrected chi connectivity index (χ2v) is 8.41. The van der Waals surface area contributed by atoms with Crippen molar-refractivity contribution in [3.63, 3.8) is 0 Å². The number of hydrogen-bond acceptors (Lipinski definition) is 5. The van der Waals surface area contributed by atoms with Crippen molar-refractivity contribution in [3.05, 3.63) is 113 Å². The van der Waals surface area contributed by atoms with Gasteiger partial charge in [0.25, 0.3) is 0 Å². The van der Waals surface area contributed by atoms with Gasteiger partial charge in [-0.1, -0.05) is 89.6 Å². The Kier molecular flexibility index (Phi) is 6.37. The maximum absolute atomic E-state index is 13.0. The first-order valence-corrected chi connectivity index (χ1v) is 11.5. The van der Waals surface area contributed by atoms with Crippen LogP contribution in [-0.2, 0) is 11.2 Å². The van der Waals surface area contributed by atoms with Gasteiger partial charge in [0.2, 0.25) is 17.6 Å². The van der Waals surface area contributed by atoms with Gasteiger partial charge in [0, 0.05) is 34.6 Å². The highest BCUT2D eigenvalue weighted by atomic mass is 35.5. The fraction of sp³-hybridized carbons (Fsp3) is 0.0714. The van der Waals surface area contributed by atoms with E-state index in [9.17, 15) is 9.59 Å². The summed E-state index contributed by atoms with van der Waals surface area (Å²) in [6.45, 7) is 0. The van der Waals surface area contributed by atoms with Gasteiger partial charge in [0.1, 0.15) is 0 Å². The summed E-state index contributed by atoms with van der Waals surface area (Å²) in [5, 5.41) is 9.44. The zero-order chi connectivity index (χ0) is 24.2. The molecule has 6 nitrogen and oxygen atoms in total. The molecule has 1 amide bonds. The van der Waals surface area contributed by atoms with Crippen molar-refractivity contribution in [2.24, 2.45) is 0 Å². The smallest absolute Gasteiger partial charge is 0.227 e. The Labute approximate surface area is 206 Å². The highest BCUT2D eigenvalue weighted by Crippen LogP contribution is 2.27. The number of ketones is 1. The number of carbonyl (C=O) groups excluding carboxylic acids is 2. The van der Waals surface area contributed by atoms with Crippen molar-refractivity contribution in [1.29, 1.82) is 0 Å². The normalized spacial score (nSPS) is 10.9. The van der Waals surface area contributed by atoms with Gasteiger partial charge in [-0.05, 0) is 29.0 Å². The predicted molar refractivity (Wildman–Crippen MR) is 136 cm³/mol. The number of rotatable bonds is 7. The molecule has 0 saturated heterocycles. The van der Waals surface area contributed by atoms with Crippen LogP contribution in [0.5, 0.6) is 0 Å². The molecular formula is C28H20ClN3O3. The number of benzene rings is 4. The summed E-state index contributed by atoms with van der Waals surface area (Å²) in [4.78, 5) is 30.1. The molecule has 172 valence electrons. The quantitative estimate of drug-likeness (QED) is 0.274. The van der Waals surface area contributed by atoms with E-state index in [1.807, 2.05) is 48.5 Å². The molecule has 1 aromatic heterocycles. The molecule has 4 aromatic carbocycles. The van der Waals surface area contributed by atoms with E-state index < -0.39 is 0 Å². The molecule has 1 heterocycles. The third-order valence-electron chi connectivity index (χ3n) is 5.60. The highest BCUT2D eigenvalue weighted by molar-refractivity contribution is 6.31. The number of aryl methyl sites for hydroxylation is 1. The van der Waals surface area contributed by atoms with Crippen molar-refractivity contribution in [1.82, 2.24) is 10.1 Å². The topological polar surface area (TPSA) is 85.1 Å². The number of amides is 1. The van der Waals surface area contributed by atoms with Gasteiger partial charge < -0.3 is 9.84 Å². The molecule has 0 atom stereocenters. The molecule has 0 radical (unpaired) electrons. The second-order valence-electron chi connectivity index (χ2n) is 7.97. The molecule has 0 aliphatic rings. The van der Waals surface area contributed by atoms with Gasteiger partial charge in [-0.2, -0.15) is 4.98 Å². The summed E-state index contributed by atoms with van der Waals surface area (Å²) in [6.07, 6.45) is 0.373. The first-order chi connectivity index (χ1) is 17.1. The highest BCUT2D eigenvalue weighted by Gasteiger charge is 2.17. The maximum Gasteiger partial charge on any atom is 0.227 e. The number of anilines is 1. The molecule has 5 rings (SSSR count). The molecule has 35 heavy (non-hydrogen) atoms. The van der Waals surface area contributed by atoms with Crippen LogP contribution in [0.3, 0.4) is 0 Å². The van der Waals surface area contributed by atoms with Crippen LogP contribution < -0.4 is 5.32 Å². The van der Waals surface area contributed by atoms with Crippen molar-refractivity contribution in [3.8, 4) is 11.4 Å². The Balaban J connectivity index is 1.29. The summed E-state index contributed by atoms with van der Waals surface area (Å²) >= 11 is 6.12. The lowest BCUT2D eigenvalue weighted by atomic mass is 10.0. The standard InChI is InChI=1S/C28H20ClN3O3/c29-20-13-14-24(23(17-20)27(34)19-8-2-1-3-9-19)30-25(33)15-16-26-31-28(32-35-26)22-12-6-10-18-7-4-5-11-21(18)22/h1-14,17H,15-16H2,(H,30,33). The maximum atomic E-state index is 13.0. The molecule has 0 fully saturated rings. The first kappa shape index (κ1) is 22.5. The van der Waals surface area contributed by atoms with Gasteiger partial charge >= 0.3 is 0 Å². The molecule has 7 heteroatoms. The van der Waals surface area contributed by atoms with Crippen LogP contribution >= 0.6 is 11.6 Å². The van der Waals surface area contributed by atoms with Crippen LogP contribution in [0.25, 0.3) is 22.2 Å². The molecule has 0 spiro atoms. The van der Waals surface area contributed by atoms with E-state index in [0.717, 1.165) is 16.3 Å². The minimum absolute atomic E-state index is 0.110. The van der Waals surface area contributed by atoms with E-state index in [1.54, 1.807) is 42.5 Å². The Morgan fingerprint density at radius 2 is 1.66 bits per heavy atom. The van der Waals surface area contributed by atoms with Crippen molar-refractivity contribution in [2.45, 2.75) is 12.8 Å². The zero-order valence-corrected chi connectivity index (χ0v) is 19.3. The minimum Gasteiger partial charge on any atom is -0.339 e. The lowest BCUT2D eigenvalue weighted by Crippen LogP contribution is -2.15. The van der Waals surface area contributed by atoms with Gasteiger partial charge in [-0.25, -0.2) is 0 Å². The molecule has 1 N–H and O–H groups in total. The summed E-state index contributed by atoms with van der Waals surface area (Å²) in [7, 11) is 0. The van der Waals surface area contributed by atoms with Crippen molar-refractivity contribution < 1.29 is 14.1 Å². The molecular weight excluding hydrogens is 462 g/mol. The molecule has 0 bridgehead atoms. The summed E-state index contributed by atoms with van der Waals surface area (Å²) < 4.78 is 5.39. The van der Waals surface area contributed by atoms with Crippen LogP contribution in [-0.4, -0.2) is 21.8 Å². The number of aromatic nitrogens is 2. The van der Waals surface area contributed by atoms with Crippen LogP contribution in [0.1, 0.15) is 28.2 Å². The van der Waals surface area contributed by atoms with E-state index in [2.05, 4.69) is 15.5 Å². The Hall–Kier alpha value is -4.29. The van der Waals surface area contributed by atoms with E-state index in [0.29, 0.717) is 33.6 Å². The van der Waals surface area contributed by atoms with Gasteiger partial charge in [0.15, 0.2) is 5.78 Å². The Morgan fingerprint density at radius 3 is 2.51 bits per heavy atom. The summed E-state index contributed by atoms with van der Waals surface area (Å²) in [6, 6.07) is 27.5. The third kappa shape index (κ3) is 4.98. The molecule has 5 aromatic rings. The van der Waals surface area contributed by atoms with Crippen LogP contribution in [0.4, 0.5) is 5.69 Å². The number of hydrogen-bond donors (Lipinski definition) is 1. The third-order valence-corrected chi connectivity index (χ3v) is 5.84. The minimum atomic E-state index is -0.278. The molecule has 0 saturated carbocycles. The number of halogens is 1. The van der Waals surface area contributed by atoms with Crippen LogP contribution in [0.15, 0.2) is 95.5 Å². The van der Waals surface area contributed by atoms with E-state index in [1.165, 1.54) is 0 Å². The first-order valence-electron chi connectivity index (χ1n) is 11.1. The SMILES string of the molecule is O=C(CCc1nc(-c2cccc3ccccc23)no1)Nc1ccc(Cl)cc1C(=O)c1ccccc1. The van der Waals surface area contributed by atoms with E-state index in [-0.39, 0.29) is 24.5 Å². The average molecular weight is 482 g/mol. The molecule has 0 unspecified atom stereocenters. The largest absolute Gasteiger partial charge is 0.339 e. The fourth-order valence-corrected chi connectivity index (χ4v) is 4.05. The van der Waals surface area contributed by atoms with Crippen LogP contribution in [0, 0.1) is 0 Å². The summed E-state index contributed by atoms with van der Waals surface area (Å²) in [5.74, 6) is 0.338. The lowest BCUT2D eigenvalue weighted by molar-refractivity contribution is -0.116. The lowest BCUT2D eigenvalue weighted by Gasteiger charge is -2.11. The van der Waals surface area contributed by atoms with Gasteiger partial charge in [-0.15, -0.1) is 0 Å². The monoisotopic (exact) mass is 481 g/mol. The van der Waals surface area contributed by atoms with Crippen molar-refractivity contribution in [2.75, 3.05) is 5.32 Å². The number of carbonyl (C=O) groups is 2. The Bertz CT molecular complexity index is 1520. The predicted octanol–water partition coefficient (Wildman–Crippen LogP) is 6.35. The molecule has 0 aliphatic heterocycles. The second kappa shape index (κ2) is 9.91. The van der Waals surface area contributed by atoms with Crippen molar-refractivity contribution >= 4 is 39.8 Å². The van der Waals surface area contributed by atoms with Crippen LogP contribution in [0.2, 0.25) is 5.02 Å². The zero-order valence-electron chi connectivity index (χ0n) is 18.6. The number of fused-ring (bicyclic) bond motifs is 1. The number of nitrogens with zero attached hydrogens (tertiary/aromatic N) is 2.